The molecule has 0 radical (unpaired) electrons. The average Bonchev–Trinajstić information content (AvgIpc) is 2.82. The van der Waals surface area contributed by atoms with E-state index in [1.165, 1.54) is 5.69 Å². The number of halogens is 2. The molecule has 0 amide bonds. The number of rotatable bonds is 3. The third-order valence-electron chi connectivity index (χ3n) is 3.53. The smallest absolute Gasteiger partial charge is 0.0986 e. The maximum atomic E-state index is 9.18. The zero-order valence-electron chi connectivity index (χ0n) is 10.9. The molecule has 20 heavy (non-hydrogen) atoms. The molecule has 106 valence electrons. The standard InChI is InChI=1S/C14H15Cl2N3O/c15-11-3-1-2-9(13(11)16)14-10-8-17-5-4-12(10)19(18-14)6-7-20/h1-3,17,20H,4-8H2. The Labute approximate surface area is 127 Å². The first-order chi connectivity index (χ1) is 9.72. The molecule has 3 rings (SSSR count). The maximum Gasteiger partial charge on any atom is 0.0986 e. The van der Waals surface area contributed by atoms with Crippen LogP contribution in [0.5, 0.6) is 0 Å². The summed E-state index contributed by atoms with van der Waals surface area (Å²) in [4.78, 5) is 0. The van der Waals surface area contributed by atoms with E-state index >= 15 is 0 Å². The predicted octanol–water partition coefficient (Wildman–Crippen LogP) is 2.49. The lowest BCUT2D eigenvalue weighted by Crippen LogP contribution is -2.25. The summed E-state index contributed by atoms with van der Waals surface area (Å²) < 4.78 is 1.88. The van der Waals surface area contributed by atoms with Crippen molar-refractivity contribution in [2.24, 2.45) is 0 Å². The average molecular weight is 312 g/mol. The van der Waals surface area contributed by atoms with Gasteiger partial charge >= 0.3 is 0 Å². The number of aromatic nitrogens is 2. The van der Waals surface area contributed by atoms with E-state index in [1.807, 2.05) is 16.8 Å². The monoisotopic (exact) mass is 311 g/mol. The molecule has 2 heterocycles. The Bertz CT molecular complexity index is 640. The van der Waals surface area contributed by atoms with Crippen LogP contribution in [-0.2, 0) is 19.5 Å². The SMILES string of the molecule is OCCn1nc(-c2cccc(Cl)c2Cl)c2c1CCNC2. The van der Waals surface area contributed by atoms with Gasteiger partial charge in [-0.05, 0) is 6.07 Å². The fourth-order valence-electron chi connectivity index (χ4n) is 2.60. The molecule has 2 N–H and O–H groups in total. The summed E-state index contributed by atoms with van der Waals surface area (Å²) in [6.45, 7) is 2.26. The quantitative estimate of drug-likeness (QED) is 0.915. The van der Waals surface area contributed by atoms with E-state index in [9.17, 15) is 5.11 Å². The van der Waals surface area contributed by atoms with E-state index < -0.39 is 0 Å². The summed E-state index contributed by atoms with van der Waals surface area (Å²) in [6, 6.07) is 5.56. The molecule has 0 spiro atoms. The highest BCUT2D eigenvalue weighted by Crippen LogP contribution is 2.36. The van der Waals surface area contributed by atoms with Gasteiger partial charge in [-0.2, -0.15) is 5.10 Å². The molecular weight excluding hydrogens is 297 g/mol. The summed E-state index contributed by atoms with van der Waals surface area (Å²) in [7, 11) is 0. The van der Waals surface area contributed by atoms with Crippen LogP contribution in [0.25, 0.3) is 11.3 Å². The molecule has 0 aliphatic carbocycles. The Morgan fingerprint density at radius 1 is 1.35 bits per heavy atom. The second-order valence-corrected chi connectivity index (χ2v) is 5.53. The highest BCUT2D eigenvalue weighted by Gasteiger charge is 2.23. The Morgan fingerprint density at radius 2 is 2.20 bits per heavy atom. The van der Waals surface area contributed by atoms with Gasteiger partial charge in [-0.1, -0.05) is 35.3 Å². The second-order valence-electron chi connectivity index (χ2n) is 4.75. The normalized spacial score (nSPS) is 14.3. The lowest BCUT2D eigenvalue weighted by Gasteiger charge is -2.15. The lowest BCUT2D eigenvalue weighted by atomic mass is 10.0. The van der Waals surface area contributed by atoms with Crippen molar-refractivity contribution in [3.63, 3.8) is 0 Å². The van der Waals surface area contributed by atoms with Crippen LogP contribution in [0.3, 0.4) is 0 Å². The number of benzene rings is 1. The van der Waals surface area contributed by atoms with Crippen molar-refractivity contribution in [3.8, 4) is 11.3 Å². The minimum absolute atomic E-state index is 0.0737. The molecule has 1 aliphatic heterocycles. The summed E-state index contributed by atoms with van der Waals surface area (Å²) in [5.74, 6) is 0. The van der Waals surface area contributed by atoms with E-state index in [1.54, 1.807) is 6.07 Å². The van der Waals surface area contributed by atoms with Gasteiger partial charge < -0.3 is 10.4 Å². The second kappa shape index (κ2) is 5.74. The molecule has 1 aliphatic rings. The van der Waals surface area contributed by atoms with Gasteiger partial charge in [-0.25, -0.2) is 0 Å². The number of nitrogens with zero attached hydrogens (tertiary/aromatic N) is 2. The van der Waals surface area contributed by atoms with E-state index in [0.717, 1.165) is 36.3 Å². The summed E-state index contributed by atoms with van der Waals surface area (Å²) in [6.07, 6.45) is 0.903. The molecule has 4 nitrogen and oxygen atoms in total. The van der Waals surface area contributed by atoms with Crippen molar-refractivity contribution < 1.29 is 5.11 Å². The number of fused-ring (bicyclic) bond motifs is 1. The van der Waals surface area contributed by atoms with Crippen molar-refractivity contribution in [3.05, 3.63) is 39.5 Å². The molecule has 0 saturated heterocycles. The molecule has 0 unspecified atom stereocenters. The van der Waals surface area contributed by atoms with Crippen molar-refractivity contribution >= 4 is 23.2 Å². The lowest BCUT2D eigenvalue weighted by molar-refractivity contribution is 0.267. The molecule has 0 saturated carbocycles. The van der Waals surface area contributed by atoms with E-state index in [0.29, 0.717) is 16.6 Å². The van der Waals surface area contributed by atoms with Crippen LogP contribution in [-0.4, -0.2) is 28.0 Å². The summed E-state index contributed by atoms with van der Waals surface area (Å²) in [5.41, 5.74) is 4.02. The van der Waals surface area contributed by atoms with Crippen LogP contribution in [0.4, 0.5) is 0 Å². The van der Waals surface area contributed by atoms with Gasteiger partial charge in [0.15, 0.2) is 0 Å². The molecule has 1 aromatic carbocycles. The molecule has 1 aromatic heterocycles. The fraction of sp³-hybridized carbons (Fsp3) is 0.357. The minimum Gasteiger partial charge on any atom is -0.394 e. The van der Waals surface area contributed by atoms with Crippen LogP contribution in [0, 0.1) is 0 Å². The first-order valence-corrected chi connectivity index (χ1v) is 7.32. The van der Waals surface area contributed by atoms with Crippen LogP contribution in [0.2, 0.25) is 10.0 Å². The first-order valence-electron chi connectivity index (χ1n) is 6.57. The maximum absolute atomic E-state index is 9.18. The summed E-state index contributed by atoms with van der Waals surface area (Å²) in [5, 5.41) is 18.2. The van der Waals surface area contributed by atoms with Crippen molar-refractivity contribution in [1.29, 1.82) is 0 Å². The minimum atomic E-state index is 0.0737. The summed E-state index contributed by atoms with van der Waals surface area (Å²) >= 11 is 12.4. The number of hydrogen-bond donors (Lipinski definition) is 2. The Hall–Kier alpha value is -1.07. The van der Waals surface area contributed by atoms with Crippen LogP contribution in [0.1, 0.15) is 11.3 Å². The Kier molecular flexibility index (Phi) is 3.98. The molecule has 0 fully saturated rings. The van der Waals surface area contributed by atoms with Crippen LogP contribution >= 0.6 is 23.2 Å². The molecule has 2 aromatic rings. The topological polar surface area (TPSA) is 50.1 Å². The highest BCUT2D eigenvalue weighted by atomic mass is 35.5. The third kappa shape index (κ3) is 2.33. The molecular formula is C14H15Cl2N3O. The van der Waals surface area contributed by atoms with Crippen LogP contribution < -0.4 is 5.32 Å². The Balaban J connectivity index is 2.16. The van der Waals surface area contributed by atoms with Crippen molar-refractivity contribution in [2.45, 2.75) is 19.5 Å². The van der Waals surface area contributed by atoms with Gasteiger partial charge in [0.25, 0.3) is 0 Å². The van der Waals surface area contributed by atoms with Gasteiger partial charge in [0.2, 0.25) is 0 Å². The predicted molar refractivity (Wildman–Crippen MR) is 80.2 cm³/mol. The van der Waals surface area contributed by atoms with Gasteiger partial charge in [0.1, 0.15) is 0 Å². The van der Waals surface area contributed by atoms with E-state index in [2.05, 4.69) is 10.4 Å². The number of nitrogens with one attached hydrogen (secondary N) is 1. The zero-order valence-corrected chi connectivity index (χ0v) is 12.4. The fourth-order valence-corrected chi connectivity index (χ4v) is 2.99. The van der Waals surface area contributed by atoms with Gasteiger partial charge in [0.05, 0.1) is 28.9 Å². The number of hydrogen-bond acceptors (Lipinski definition) is 3. The molecule has 0 atom stereocenters. The van der Waals surface area contributed by atoms with Crippen molar-refractivity contribution in [2.75, 3.05) is 13.2 Å². The van der Waals surface area contributed by atoms with Crippen molar-refractivity contribution in [1.82, 2.24) is 15.1 Å². The van der Waals surface area contributed by atoms with Gasteiger partial charge in [0, 0.05) is 36.3 Å². The third-order valence-corrected chi connectivity index (χ3v) is 4.34. The number of aliphatic hydroxyl groups is 1. The molecule has 6 heteroatoms. The first kappa shape index (κ1) is 13.9. The number of aliphatic hydroxyl groups excluding tert-OH is 1. The van der Waals surface area contributed by atoms with Gasteiger partial charge in [-0.15, -0.1) is 0 Å². The Morgan fingerprint density at radius 3 is 3.00 bits per heavy atom. The largest absolute Gasteiger partial charge is 0.394 e. The van der Waals surface area contributed by atoms with E-state index in [4.69, 9.17) is 23.2 Å². The zero-order chi connectivity index (χ0) is 14.1. The van der Waals surface area contributed by atoms with Crippen LogP contribution in [0.15, 0.2) is 18.2 Å². The van der Waals surface area contributed by atoms with Gasteiger partial charge in [-0.3, -0.25) is 4.68 Å². The molecule has 0 bridgehead atoms. The highest BCUT2D eigenvalue weighted by molar-refractivity contribution is 6.43. The van der Waals surface area contributed by atoms with E-state index in [-0.39, 0.29) is 6.61 Å².